The van der Waals surface area contributed by atoms with E-state index >= 15 is 0 Å². The number of amides is 1. The van der Waals surface area contributed by atoms with E-state index in [1.807, 2.05) is 25.3 Å². The van der Waals surface area contributed by atoms with Gasteiger partial charge in [-0.25, -0.2) is 0 Å². The summed E-state index contributed by atoms with van der Waals surface area (Å²) in [6.45, 7) is 6.76. The summed E-state index contributed by atoms with van der Waals surface area (Å²) in [7, 11) is 0. The molecule has 0 fully saturated rings. The number of anilines is 1. The van der Waals surface area contributed by atoms with Gasteiger partial charge in [0.1, 0.15) is 5.82 Å². The number of non-ortho nitro benzene ring substituents is 1. The van der Waals surface area contributed by atoms with Crippen LogP contribution in [0.2, 0.25) is 5.02 Å². The first-order valence-corrected chi connectivity index (χ1v) is 8.99. The molecule has 0 bridgehead atoms. The highest BCUT2D eigenvalue weighted by Crippen LogP contribution is 2.27. The molecule has 134 valence electrons. The average Bonchev–Trinajstić information content (AvgIpc) is 2.98. The highest BCUT2D eigenvalue weighted by atomic mass is 35.5. The lowest BCUT2D eigenvalue weighted by Gasteiger charge is -2.09. The monoisotopic (exact) mass is 383 g/mol. The van der Waals surface area contributed by atoms with E-state index < -0.39 is 4.92 Å². The first-order valence-electron chi connectivity index (χ1n) is 7.63. The molecule has 1 aromatic heterocycles. The minimum atomic E-state index is -0.544. The van der Waals surface area contributed by atoms with Crippen LogP contribution in [0.5, 0.6) is 0 Å². The molecule has 0 aliphatic rings. The van der Waals surface area contributed by atoms with Gasteiger partial charge in [-0.05, 0) is 13.0 Å². The Kier molecular flexibility index (Phi) is 6.38. The quantitative estimate of drug-likeness (QED) is 0.444. The van der Waals surface area contributed by atoms with Gasteiger partial charge in [0.15, 0.2) is 5.16 Å². The van der Waals surface area contributed by atoms with Crippen LogP contribution in [0.3, 0.4) is 0 Å². The maximum absolute atomic E-state index is 12.1. The summed E-state index contributed by atoms with van der Waals surface area (Å²) in [5.74, 6) is 0.866. The molecule has 0 atom stereocenters. The van der Waals surface area contributed by atoms with Crippen LogP contribution < -0.4 is 5.32 Å². The van der Waals surface area contributed by atoms with Gasteiger partial charge in [0, 0.05) is 24.6 Å². The van der Waals surface area contributed by atoms with E-state index in [0.29, 0.717) is 11.7 Å². The molecule has 10 heteroatoms. The second-order valence-corrected chi connectivity index (χ2v) is 6.85. The number of carbonyl (C=O) groups is 1. The van der Waals surface area contributed by atoms with Crippen molar-refractivity contribution in [1.82, 2.24) is 14.8 Å². The number of nitro benzene ring substituents is 1. The van der Waals surface area contributed by atoms with Crippen molar-refractivity contribution < 1.29 is 9.72 Å². The number of nitrogens with zero attached hydrogens (tertiary/aromatic N) is 4. The van der Waals surface area contributed by atoms with Gasteiger partial charge in [-0.1, -0.05) is 37.2 Å². The molecular weight excluding hydrogens is 366 g/mol. The van der Waals surface area contributed by atoms with E-state index in [-0.39, 0.29) is 34.0 Å². The number of nitrogens with one attached hydrogen (secondary N) is 1. The van der Waals surface area contributed by atoms with Crippen molar-refractivity contribution in [3.05, 3.63) is 39.2 Å². The van der Waals surface area contributed by atoms with Crippen molar-refractivity contribution in [2.24, 2.45) is 0 Å². The number of aromatic nitrogens is 3. The summed E-state index contributed by atoms with van der Waals surface area (Å²) in [5.41, 5.74) is 0.0703. The van der Waals surface area contributed by atoms with Gasteiger partial charge < -0.3 is 9.88 Å². The number of rotatable bonds is 7. The maximum Gasteiger partial charge on any atom is 0.271 e. The van der Waals surface area contributed by atoms with Crippen LogP contribution in [0.4, 0.5) is 11.4 Å². The van der Waals surface area contributed by atoms with Crippen molar-refractivity contribution in [3.8, 4) is 0 Å². The SMILES string of the molecule is CCn1c(SCC(=O)Nc2cc([N+](=O)[O-])ccc2Cl)nnc1C(C)C. The molecule has 0 aliphatic heterocycles. The van der Waals surface area contributed by atoms with Crippen LogP contribution in [0, 0.1) is 10.1 Å². The first-order chi connectivity index (χ1) is 11.8. The largest absolute Gasteiger partial charge is 0.324 e. The Morgan fingerprint density at radius 2 is 2.16 bits per heavy atom. The highest BCUT2D eigenvalue weighted by molar-refractivity contribution is 7.99. The zero-order chi connectivity index (χ0) is 18.6. The summed E-state index contributed by atoms with van der Waals surface area (Å²) in [6.07, 6.45) is 0. The predicted molar refractivity (Wildman–Crippen MR) is 97.2 cm³/mol. The minimum Gasteiger partial charge on any atom is -0.324 e. The Balaban J connectivity index is 2.05. The number of benzene rings is 1. The fraction of sp³-hybridized carbons (Fsp3) is 0.400. The third-order valence-electron chi connectivity index (χ3n) is 3.35. The molecule has 0 unspecified atom stereocenters. The lowest BCUT2D eigenvalue weighted by atomic mass is 10.2. The van der Waals surface area contributed by atoms with Crippen molar-refractivity contribution in [1.29, 1.82) is 0 Å². The Bertz CT molecular complexity index is 793. The Morgan fingerprint density at radius 3 is 2.76 bits per heavy atom. The Hall–Kier alpha value is -2.13. The zero-order valence-electron chi connectivity index (χ0n) is 14.0. The molecule has 0 radical (unpaired) electrons. The van der Waals surface area contributed by atoms with E-state index in [1.54, 1.807) is 0 Å². The van der Waals surface area contributed by atoms with Gasteiger partial charge in [0.25, 0.3) is 5.69 Å². The number of hydrogen-bond acceptors (Lipinski definition) is 6. The van der Waals surface area contributed by atoms with Crippen molar-refractivity contribution in [2.75, 3.05) is 11.1 Å². The molecule has 2 aromatic rings. The van der Waals surface area contributed by atoms with E-state index in [2.05, 4.69) is 15.5 Å². The summed E-state index contributed by atoms with van der Waals surface area (Å²) in [6, 6.07) is 3.89. The molecule has 0 aliphatic carbocycles. The standard InChI is InChI=1S/C15H18ClN5O3S/c1-4-20-14(9(2)3)18-19-15(20)25-8-13(22)17-12-7-10(21(23)24)5-6-11(12)16/h5-7,9H,4,8H2,1-3H3,(H,17,22). The second-order valence-electron chi connectivity index (χ2n) is 5.50. The highest BCUT2D eigenvalue weighted by Gasteiger charge is 2.16. The van der Waals surface area contributed by atoms with Gasteiger partial charge >= 0.3 is 0 Å². The molecule has 1 N–H and O–H groups in total. The van der Waals surface area contributed by atoms with Crippen LogP contribution in [-0.4, -0.2) is 31.3 Å². The van der Waals surface area contributed by atoms with Crippen LogP contribution in [0.15, 0.2) is 23.4 Å². The lowest BCUT2D eigenvalue weighted by Crippen LogP contribution is -2.15. The maximum atomic E-state index is 12.1. The molecule has 0 saturated carbocycles. The summed E-state index contributed by atoms with van der Waals surface area (Å²) in [5, 5.41) is 22.6. The smallest absolute Gasteiger partial charge is 0.271 e. The molecule has 0 saturated heterocycles. The van der Waals surface area contributed by atoms with Gasteiger partial charge in [-0.3, -0.25) is 14.9 Å². The zero-order valence-corrected chi connectivity index (χ0v) is 15.6. The fourth-order valence-corrected chi connectivity index (χ4v) is 3.14. The minimum absolute atomic E-state index is 0.0925. The van der Waals surface area contributed by atoms with Crippen LogP contribution in [0.25, 0.3) is 0 Å². The fourth-order valence-electron chi connectivity index (χ4n) is 2.17. The van der Waals surface area contributed by atoms with E-state index in [0.717, 1.165) is 5.82 Å². The number of halogens is 1. The predicted octanol–water partition coefficient (Wildman–Crippen LogP) is 3.71. The molecule has 0 spiro atoms. The lowest BCUT2D eigenvalue weighted by molar-refractivity contribution is -0.384. The molecule has 8 nitrogen and oxygen atoms in total. The average molecular weight is 384 g/mol. The topological polar surface area (TPSA) is 103 Å². The van der Waals surface area contributed by atoms with Gasteiger partial charge in [-0.2, -0.15) is 0 Å². The number of hydrogen-bond donors (Lipinski definition) is 1. The van der Waals surface area contributed by atoms with E-state index in [9.17, 15) is 14.9 Å². The van der Waals surface area contributed by atoms with Gasteiger partial charge in [-0.15, -0.1) is 10.2 Å². The van der Waals surface area contributed by atoms with Gasteiger partial charge in [0.05, 0.1) is 21.4 Å². The summed E-state index contributed by atoms with van der Waals surface area (Å²) < 4.78 is 1.96. The molecule has 1 heterocycles. The Labute approximate surface area is 154 Å². The van der Waals surface area contributed by atoms with Crippen LogP contribution in [0.1, 0.15) is 32.5 Å². The number of carbonyl (C=O) groups excluding carboxylic acids is 1. The second kappa shape index (κ2) is 8.30. The van der Waals surface area contributed by atoms with Crippen molar-refractivity contribution in [3.63, 3.8) is 0 Å². The molecule has 1 amide bonds. The normalized spacial score (nSPS) is 10.9. The van der Waals surface area contributed by atoms with Crippen LogP contribution >= 0.6 is 23.4 Å². The van der Waals surface area contributed by atoms with Crippen molar-refractivity contribution in [2.45, 2.75) is 38.4 Å². The molecule has 25 heavy (non-hydrogen) atoms. The number of nitro groups is 1. The van der Waals surface area contributed by atoms with E-state index in [1.165, 1.54) is 30.0 Å². The summed E-state index contributed by atoms with van der Waals surface area (Å²) in [4.78, 5) is 22.4. The molecule has 1 aromatic carbocycles. The third kappa shape index (κ3) is 4.70. The van der Waals surface area contributed by atoms with Gasteiger partial charge in [0.2, 0.25) is 5.91 Å². The first kappa shape index (κ1) is 19.2. The summed E-state index contributed by atoms with van der Waals surface area (Å²) >= 11 is 7.23. The molecular formula is C15H18ClN5O3S. The number of thioether (sulfide) groups is 1. The van der Waals surface area contributed by atoms with E-state index in [4.69, 9.17) is 11.6 Å². The Morgan fingerprint density at radius 1 is 1.44 bits per heavy atom. The molecule has 2 rings (SSSR count). The van der Waals surface area contributed by atoms with Crippen LogP contribution in [-0.2, 0) is 11.3 Å². The van der Waals surface area contributed by atoms with Crippen molar-refractivity contribution >= 4 is 40.6 Å². The third-order valence-corrected chi connectivity index (χ3v) is 4.64.